The van der Waals surface area contributed by atoms with E-state index < -0.39 is 0 Å². The number of hydrogen-bond donors (Lipinski definition) is 1. The summed E-state index contributed by atoms with van der Waals surface area (Å²) in [4.78, 5) is 0. The van der Waals surface area contributed by atoms with Gasteiger partial charge in [0.2, 0.25) is 0 Å². The third kappa shape index (κ3) is 3.93. The zero-order valence-electron chi connectivity index (χ0n) is 12.7. The maximum Gasteiger partial charge on any atom is 0.0830 e. The van der Waals surface area contributed by atoms with E-state index >= 15 is 0 Å². The van der Waals surface area contributed by atoms with Crippen molar-refractivity contribution in [1.29, 1.82) is 0 Å². The Balaban J connectivity index is 1.99. The highest BCUT2D eigenvalue weighted by atomic mass is 16.5. The number of nitrogens with one attached hydrogen (secondary N) is 1. The molecule has 0 amide bonds. The average Bonchev–Trinajstić information content (AvgIpc) is 2.72. The van der Waals surface area contributed by atoms with Gasteiger partial charge in [-0.05, 0) is 45.1 Å². The molecule has 0 spiro atoms. The predicted molar refractivity (Wildman–Crippen MR) is 78.4 cm³/mol. The van der Waals surface area contributed by atoms with E-state index in [0.29, 0.717) is 6.04 Å². The van der Waals surface area contributed by atoms with Gasteiger partial charge in [-0.15, -0.1) is 0 Å². The molecule has 112 valence electrons. The number of hydrogen-bond acceptors (Lipinski definition) is 3. The van der Waals surface area contributed by atoms with Gasteiger partial charge in [-0.1, -0.05) is 25.7 Å². The zero-order chi connectivity index (χ0) is 13.6. The van der Waals surface area contributed by atoms with Gasteiger partial charge in [0.25, 0.3) is 0 Å². The van der Waals surface area contributed by atoms with Crippen molar-refractivity contribution in [3.63, 3.8) is 0 Å². The van der Waals surface area contributed by atoms with Crippen molar-refractivity contribution in [1.82, 2.24) is 5.32 Å². The number of likely N-dealkylation sites (N-methyl/N-ethyl adjacent to an activating group) is 1. The first kappa shape index (κ1) is 15.3. The molecule has 1 aliphatic heterocycles. The highest BCUT2D eigenvalue weighted by Gasteiger charge is 2.39. The normalized spacial score (nSPS) is 26.8. The van der Waals surface area contributed by atoms with E-state index in [4.69, 9.17) is 9.47 Å². The van der Waals surface area contributed by atoms with Crippen LogP contribution in [0.3, 0.4) is 0 Å². The molecule has 1 heterocycles. The molecule has 1 aliphatic carbocycles. The van der Waals surface area contributed by atoms with Crippen LogP contribution in [0.5, 0.6) is 0 Å². The first-order valence-electron chi connectivity index (χ1n) is 8.11. The molecule has 1 saturated carbocycles. The smallest absolute Gasteiger partial charge is 0.0830 e. The lowest BCUT2D eigenvalue weighted by Crippen LogP contribution is -2.52. The quantitative estimate of drug-likeness (QED) is 0.778. The van der Waals surface area contributed by atoms with Crippen molar-refractivity contribution in [3.8, 4) is 0 Å². The molecule has 3 heteroatoms. The second kappa shape index (κ2) is 7.61. The van der Waals surface area contributed by atoms with Crippen LogP contribution < -0.4 is 5.32 Å². The second-order valence-corrected chi connectivity index (χ2v) is 6.32. The molecule has 0 radical (unpaired) electrons. The number of ether oxygens (including phenoxy) is 2. The van der Waals surface area contributed by atoms with Crippen molar-refractivity contribution >= 4 is 0 Å². The average molecular weight is 269 g/mol. The van der Waals surface area contributed by atoms with Crippen molar-refractivity contribution in [2.24, 2.45) is 5.92 Å². The molecule has 0 bridgehead atoms. The summed E-state index contributed by atoms with van der Waals surface area (Å²) in [6, 6.07) is 0.499. The van der Waals surface area contributed by atoms with Crippen LogP contribution in [-0.4, -0.2) is 39.0 Å². The first-order valence-corrected chi connectivity index (χ1v) is 8.11. The SMILES string of the molecule is CNC(CC1CCOCC1)C1(OC)CCCCCC1. The summed E-state index contributed by atoms with van der Waals surface area (Å²) in [5.41, 5.74) is 0.0730. The van der Waals surface area contributed by atoms with Gasteiger partial charge in [-0.2, -0.15) is 0 Å². The Morgan fingerprint density at radius 2 is 1.79 bits per heavy atom. The Kier molecular flexibility index (Phi) is 6.11. The molecular formula is C16H31NO2. The fraction of sp³-hybridized carbons (Fsp3) is 1.00. The molecule has 1 saturated heterocycles. The van der Waals surface area contributed by atoms with Gasteiger partial charge in [0.05, 0.1) is 5.60 Å². The van der Waals surface area contributed by atoms with E-state index in [0.717, 1.165) is 19.1 Å². The molecule has 1 N–H and O–H groups in total. The lowest BCUT2D eigenvalue weighted by Gasteiger charge is -2.41. The number of rotatable bonds is 5. The third-order valence-electron chi connectivity index (χ3n) is 5.25. The van der Waals surface area contributed by atoms with Gasteiger partial charge < -0.3 is 14.8 Å². The predicted octanol–water partition coefficient (Wildman–Crippen LogP) is 3.13. The lowest BCUT2D eigenvalue weighted by molar-refractivity contribution is -0.0606. The summed E-state index contributed by atoms with van der Waals surface area (Å²) in [5.74, 6) is 0.807. The van der Waals surface area contributed by atoms with Crippen LogP contribution in [0.2, 0.25) is 0 Å². The molecule has 1 unspecified atom stereocenters. The molecule has 0 aromatic rings. The Bertz CT molecular complexity index is 243. The topological polar surface area (TPSA) is 30.5 Å². The minimum atomic E-state index is 0.0730. The van der Waals surface area contributed by atoms with Crippen LogP contribution in [-0.2, 0) is 9.47 Å². The van der Waals surface area contributed by atoms with E-state index in [9.17, 15) is 0 Å². The van der Waals surface area contributed by atoms with Crippen LogP contribution in [0.15, 0.2) is 0 Å². The van der Waals surface area contributed by atoms with Crippen LogP contribution >= 0.6 is 0 Å². The summed E-state index contributed by atoms with van der Waals surface area (Å²) < 4.78 is 11.5. The monoisotopic (exact) mass is 269 g/mol. The molecule has 19 heavy (non-hydrogen) atoms. The van der Waals surface area contributed by atoms with Gasteiger partial charge in [0, 0.05) is 26.4 Å². The summed E-state index contributed by atoms with van der Waals surface area (Å²) in [6.45, 7) is 1.89. The largest absolute Gasteiger partial charge is 0.381 e. The standard InChI is InChI=1S/C16H31NO2/c1-17-15(13-14-7-11-19-12-8-14)16(18-2)9-5-3-4-6-10-16/h14-15,17H,3-13H2,1-2H3. The van der Waals surface area contributed by atoms with Crippen molar-refractivity contribution in [2.45, 2.75) is 69.4 Å². The summed E-state index contributed by atoms with van der Waals surface area (Å²) >= 11 is 0. The van der Waals surface area contributed by atoms with Crippen LogP contribution in [0.1, 0.15) is 57.8 Å². The molecule has 2 aliphatic rings. The second-order valence-electron chi connectivity index (χ2n) is 6.32. The zero-order valence-corrected chi connectivity index (χ0v) is 12.7. The minimum Gasteiger partial charge on any atom is -0.381 e. The van der Waals surface area contributed by atoms with Crippen LogP contribution in [0.4, 0.5) is 0 Å². The van der Waals surface area contributed by atoms with Crippen molar-refractivity contribution < 1.29 is 9.47 Å². The summed E-state index contributed by atoms with van der Waals surface area (Å²) in [6.07, 6.45) is 11.5. The molecule has 2 fully saturated rings. The molecular weight excluding hydrogens is 238 g/mol. The van der Waals surface area contributed by atoms with Crippen molar-refractivity contribution in [3.05, 3.63) is 0 Å². The fourth-order valence-electron chi connectivity index (χ4n) is 3.93. The van der Waals surface area contributed by atoms with Gasteiger partial charge in [-0.25, -0.2) is 0 Å². The minimum absolute atomic E-state index is 0.0730. The summed E-state index contributed by atoms with van der Waals surface area (Å²) in [7, 11) is 4.02. The molecule has 3 nitrogen and oxygen atoms in total. The van der Waals surface area contributed by atoms with Crippen LogP contribution in [0, 0.1) is 5.92 Å². The fourth-order valence-corrected chi connectivity index (χ4v) is 3.93. The Morgan fingerprint density at radius 3 is 2.32 bits per heavy atom. The maximum absolute atomic E-state index is 6.06. The van der Waals surface area contributed by atoms with Crippen molar-refractivity contribution in [2.75, 3.05) is 27.4 Å². The Hall–Kier alpha value is -0.120. The molecule has 2 rings (SSSR count). The van der Waals surface area contributed by atoms with E-state index in [-0.39, 0.29) is 5.60 Å². The van der Waals surface area contributed by atoms with E-state index in [2.05, 4.69) is 12.4 Å². The van der Waals surface area contributed by atoms with Gasteiger partial charge in [0.15, 0.2) is 0 Å². The van der Waals surface area contributed by atoms with E-state index in [1.54, 1.807) is 0 Å². The van der Waals surface area contributed by atoms with Gasteiger partial charge in [-0.3, -0.25) is 0 Å². The Labute approximate surface area is 118 Å². The lowest BCUT2D eigenvalue weighted by atomic mass is 9.79. The van der Waals surface area contributed by atoms with Gasteiger partial charge >= 0.3 is 0 Å². The third-order valence-corrected chi connectivity index (χ3v) is 5.25. The highest BCUT2D eigenvalue weighted by molar-refractivity contribution is 4.95. The van der Waals surface area contributed by atoms with E-state index in [1.807, 2.05) is 7.11 Å². The first-order chi connectivity index (χ1) is 9.30. The molecule has 0 aromatic carbocycles. The van der Waals surface area contributed by atoms with E-state index in [1.165, 1.54) is 57.8 Å². The Morgan fingerprint density at radius 1 is 1.16 bits per heavy atom. The summed E-state index contributed by atoms with van der Waals surface area (Å²) in [5, 5.41) is 3.57. The maximum atomic E-state index is 6.06. The number of methoxy groups -OCH3 is 1. The highest BCUT2D eigenvalue weighted by Crippen LogP contribution is 2.36. The van der Waals surface area contributed by atoms with Crippen LogP contribution in [0.25, 0.3) is 0 Å². The molecule has 1 atom stereocenters. The molecule has 0 aromatic heterocycles. The van der Waals surface area contributed by atoms with Gasteiger partial charge in [0.1, 0.15) is 0 Å².